The lowest BCUT2D eigenvalue weighted by Gasteiger charge is -2.28. The van der Waals surface area contributed by atoms with Crippen molar-refractivity contribution in [3.05, 3.63) is 54.2 Å². The second-order valence-corrected chi connectivity index (χ2v) is 6.89. The lowest BCUT2D eigenvalue weighted by atomic mass is 9.88. The fourth-order valence-electron chi connectivity index (χ4n) is 4.00. The topological polar surface area (TPSA) is 75.0 Å². The fraction of sp³-hybridized carbons (Fsp3) is 0.368. The van der Waals surface area contributed by atoms with E-state index in [0.717, 1.165) is 23.4 Å². The first-order chi connectivity index (χ1) is 11.6. The molecule has 5 heteroatoms. The predicted octanol–water partition coefficient (Wildman–Crippen LogP) is 2.18. The summed E-state index contributed by atoms with van der Waals surface area (Å²) in [4.78, 5) is 14.6. The van der Waals surface area contributed by atoms with E-state index in [1.165, 1.54) is 0 Å². The smallest absolute Gasteiger partial charge is 0.227 e. The molecule has 0 radical (unpaired) electrons. The molecule has 0 unspecified atom stereocenters. The van der Waals surface area contributed by atoms with E-state index in [-0.39, 0.29) is 17.9 Å². The average Bonchev–Trinajstić information content (AvgIpc) is 3.31. The number of fused-ring (bicyclic) bond motifs is 2. The van der Waals surface area contributed by atoms with E-state index >= 15 is 0 Å². The number of benzene rings is 1. The summed E-state index contributed by atoms with van der Waals surface area (Å²) in [7, 11) is 1.84. The van der Waals surface area contributed by atoms with Crippen LogP contribution in [0.3, 0.4) is 0 Å². The van der Waals surface area contributed by atoms with E-state index in [9.17, 15) is 4.79 Å². The molecular weight excluding hydrogens is 300 g/mol. The molecule has 0 spiro atoms. The fourth-order valence-corrected chi connectivity index (χ4v) is 4.00. The molecule has 1 amide bonds. The van der Waals surface area contributed by atoms with E-state index in [0.29, 0.717) is 18.4 Å². The maximum absolute atomic E-state index is 12.8. The van der Waals surface area contributed by atoms with Gasteiger partial charge in [-0.1, -0.05) is 42.5 Å². The molecule has 2 aliphatic rings. The maximum atomic E-state index is 12.8. The van der Waals surface area contributed by atoms with Crippen LogP contribution in [0, 0.1) is 17.8 Å². The third kappa shape index (κ3) is 2.55. The summed E-state index contributed by atoms with van der Waals surface area (Å²) < 4.78 is 0. The van der Waals surface area contributed by atoms with Crippen molar-refractivity contribution in [1.29, 1.82) is 0 Å². The molecule has 1 fully saturated rings. The Hall–Kier alpha value is -2.40. The Bertz CT molecular complexity index is 767. The number of nitrogens with two attached hydrogens (primary N) is 1. The maximum Gasteiger partial charge on any atom is 0.227 e. The van der Waals surface area contributed by atoms with Crippen molar-refractivity contribution in [2.45, 2.75) is 19.0 Å². The SMILES string of the molecule is CN(Cc1cc(-c2ccccc2)n[nH]1)C(=O)[C@H]1[C@@H](N)[C@H]2C=C[C@@H]1C2. The molecular formula is C19H22N4O. The Morgan fingerprint density at radius 2 is 2.04 bits per heavy atom. The van der Waals surface area contributed by atoms with Crippen LogP contribution in [0.5, 0.6) is 0 Å². The van der Waals surface area contributed by atoms with E-state index in [2.05, 4.69) is 22.3 Å². The predicted molar refractivity (Wildman–Crippen MR) is 92.7 cm³/mol. The van der Waals surface area contributed by atoms with E-state index in [1.807, 2.05) is 43.4 Å². The lowest BCUT2D eigenvalue weighted by Crippen LogP contribution is -2.44. The normalized spacial score (nSPS) is 27.6. The summed E-state index contributed by atoms with van der Waals surface area (Å²) in [5, 5.41) is 7.39. The molecule has 5 nitrogen and oxygen atoms in total. The number of H-pyrrole nitrogens is 1. The van der Waals surface area contributed by atoms with Gasteiger partial charge in [0.2, 0.25) is 5.91 Å². The van der Waals surface area contributed by atoms with Crippen LogP contribution in [0.15, 0.2) is 48.6 Å². The Morgan fingerprint density at radius 3 is 2.75 bits per heavy atom. The highest BCUT2D eigenvalue weighted by molar-refractivity contribution is 5.81. The van der Waals surface area contributed by atoms with Crippen molar-refractivity contribution >= 4 is 5.91 Å². The average molecular weight is 322 g/mol. The molecule has 2 aromatic rings. The van der Waals surface area contributed by atoms with Crippen molar-refractivity contribution in [3.8, 4) is 11.3 Å². The first-order valence-corrected chi connectivity index (χ1v) is 8.42. The van der Waals surface area contributed by atoms with Gasteiger partial charge < -0.3 is 10.6 Å². The zero-order valence-electron chi connectivity index (χ0n) is 13.7. The van der Waals surface area contributed by atoms with Crippen LogP contribution in [0.2, 0.25) is 0 Å². The first kappa shape index (κ1) is 15.1. The number of carbonyl (C=O) groups excluding carboxylic acids is 1. The summed E-state index contributed by atoms with van der Waals surface area (Å²) >= 11 is 0. The van der Waals surface area contributed by atoms with E-state index in [4.69, 9.17) is 5.73 Å². The Labute approximate surface area is 141 Å². The summed E-state index contributed by atoms with van der Waals surface area (Å²) in [5.74, 6) is 0.729. The Kier molecular flexibility index (Phi) is 3.73. The van der Waals surface area contributed by atoms with Crippen LogP contribution in [0.1, 0.15) is 12.1 Å². The molecule has 3 N–H and O–H groups in total. The molecule has 24 heavy (non-hydrogen) atoms. The molecule has 4 rings (SSSR count). The number of hydrogen-bond donors (Lipinski definition) is 2. The van der Waals surface area contributed by atoms with Crippen LogP contribution in [0.4, 0.5) is 0 Å². The van der Waals surface area contributed by atoms with Crippen molar-refractivity contribution in [1.82, 2.24) is 15.1 Å². The molecule has 2 aliphatic carbocycles. The molecule has 0 aliphatic heterocycles. The van der Waals surface area contributed by atoms with Gasteiger partial charge >= 0.3 is 0 Å². The van der Waals surface area contributed by atoms with Crippen molar-refractivity contribution in [2.24, 2.45) is 23.5 Å². The number of hydrogen-bond acceptors (Lipinski definition) is 3. The molecule has 124 valence electrons. The minimum atomic E-state index is -0.0819. The number of aromatic amines is 1. The van der Waals surface area contributed by atoms with Crippen molar-refractivity contribution < 1.29 is 4.79 Å². The highest BCUT2D eigenvalue weighted by atomic mass is 16.2. The quantitative estimate of drug-likeness (QED) is 0.847. The van der Waals surface area contributed by atoms with Crippen LogP contribution in [0.25, 0.3) is 11.3 Å². The van der Waals surface area contributed by atoms with Gasteiger partial charge in [-0.3, -0.25) is 9.89 Å². The van der Waals surface area contributed by atoms with Gasteiger partial charge in [-0.25, -0.2) is 0 Å². The van der Waals surface area contributed by atoms with E-state index in [1.54, 1.807) is 4.90 Å². The van der Waals surface area contributed by atoms with Crippen molar-refractivity contribution in [2.75, 3.05) is 7.05 Å². The second kappa shape index (κ2) is 5.91. The Balaban J connectivity index is 1.45. The third-order valence-electron chi connectivity index (χ3n) is 5.29. The van der Waals surface area contributed by atoms with Crippen LogP contribution >= 0.6 is 0 Å². The van der Waals surface area contributed by atoms with E-state index < -0.39 is 0 Å². The summed E-state index contributed by atoms with van der Waals surface area (Å²) in [5.41, 5.74) is 9.14. The number of amides is 1. The summed E-state index contributed by atoms with van der Waals surface area (Å²) in [6.07, 6.45) is 5.35. The van der Waals surface area contributed by atoms with Crippen molar-refractivity contribution in [3.63, 3.8) is 0 Å². The van der Waals surface area contributed by atoms with Crippen LogP contribution < -0.4 is 5.73 Å². The largest absolute Gasteiger partial charge is 0.340 e. The molecule has 4 atom stereocenters. The number of nitrogens with one attached hydrogen (secondary N) is 1. The number of allylic oxidation sites excluding steroid dienone is 1. The van der Waals surface area contributed by atoms with Gasteiger partial charge in [0.05, 0.1) is 23.9 Å². The lowest BCUT2D eigenvalue weighted by molar-refractivity contribution is -0.136. The summed E-state index contributed by atoms with van der Waals surface area (Å²) in [6.45, 7) is 0.517. The number of nitrogens with zero attached hydrogens (tertiary/aromatic N) is 2. The molecule has 1 heterocycles. The highest BCUT2D eigenvalue weighted by Crippen LogP contribution is 2.43. The Morgan fingerprint density at radius 1 is 1.29 bits per heavy atom. The zero-order chi connectivity index (χ0) is 16.7. The third-order valence-corrected chi connectivity index (χ3v) is 5.29. The van der Waals surface area contributed by atoms with Gasteiger partial charge in [0.15, 0.2) is 0 Å². The van der Waals surface area contributed by atoms with Gasteiger partial charge in [0, 0.05) is 18.7 Å². The number of aromatic nitrogens is 2. The van der Waals surface area contributed by atoms with Crippen LogP contribution in [-0.2, 0) is 11.3 Å². The highest BCUT2D eigenvalue weighted by Gasteiger charge is 2.47. The summed E-state index contributed by atoms with van der Waals surface area (Å²) in [6, 6.07) is 12.0. The van der Waals surface area contributed by atoms with Gasteiger partial charge in [-0.05, 0) is 24.3 Å². The minimum Gasteiger partial charge on any atom is -0.340 e. The molecule has 1 saturated carbocycles. The second-order valence-electron chi connectivity index (χ2n) is 6.89. The minimum absolute atomic E-state index is 0.0448. The zero-order valence-corrected chi connectivity index (χ0v) is 13.7. The molecule has 1 aromatic heterocycles. The van der Waals surface area contributed by atoms with Gasteiger partial charge in [0.25, 0.3) is 0 Å². The first-order valence-electron chi connectivity index (χ1n) is 8.42. The standard InChI is InChI=1S/C19H22N4O/c1-23(19(24)17-13-7-8-14(9-13)18(17)20)11-15-10-16(22-21-15)12-5-3-2-4-6-12/h2-8,10,13-14,17-18H,9,11,20H2,1H3,(H,21,22)/t13-,14+,17-,18+/m1/s1. The van der Waals surface area contributed by atoms with Gasteiger partial charge in [-0.2, -0.15) is 5.10 Å². The monoisotopic (exact) mass is 322 g/mol. The number of rotatable bonds is 4. The number of carbonyl (C=O) groups is 1. The van der Waals surface area contributed by atoms with Crippen LogP contribution in [-0.4, -0.2) is 34.1 Å². The molecule has 2 bridgehead atoms. The molecule has 0 saturated heterocycles. The van der Waals surface area contributed by atoms with Gasteiger partial charge in [-0.15, -0.1) is 0 Å². The molecule has 1 aromatic carbocycles. The van der Waals surface area contributed by atoms with Gasteiger partial charge in [0.1, 0.15) is 0 Å².